The van der Waals surface area contributed by atoms with Gasteiger partial charge in [-0.2, -0.15) is 0 Å². The number of halogens is 1. The molecular weight excluding hydrogens is 191 g/mol. The molecule has 1 unspecified atom stereocenters. The highest BCUT2D eigenvalue weighted by molar-refractivity contribution is 5.29. The lowest BCUT2D eigenvalue weighted by atomic mass is 10.1. The fourth-order valence-electron chi connectivity index (χ4n) is 1.74. The lowest BCUT2D eigenvalue weighted by Crippen LogP contribution is -2.15. The van der Waals surface area contributed by atoms with Crippen LogP contribution < -0.4 is 4.74 Å². The van der Waals surface area contributed by atoms with E-state index in [2.05, 4.69) is 12.2 Å². The lowest BCUT2D eigenvalue weighted by molar-refractivity contribution is 0.229. The summed E-state index contributed by atoms with van der Waals surface area (Å²) in [6.07, 6.45) is 7.74. The topological polar surface area (TPSA) is 9.23 Å². The molecule has 2 rings (SSSR count). The highest BCUT2D eigenvalue weighted by Crippen LogP contribution is 2.21. The summed E-state index contributed by atoms with van der Waals surface area (Å²) < 4.78 is 18.7. The average Bonchev–Trinajstić information content (AvgIpc) is 2.25. The Balaban J connectivity index is 2.07. The number of benzene rings is 1. The Morgan fingerprint density at radius 2 is 2.27 bits per heavy atom. The van der Waals surface area contributed by atoms with Crippen molar-refractivity contribution in [2.75, 3.05) is 0 Å². The molecule has 1 aromatic carbocycles. The number of ether oxygens (including phenoxy) is 1. The van der Waals surface area contributed by atoms with Crippen LogP contribution in [0.1, 0.15) is 24.8 Å². The van der Waals surface area contributed by atoms with Gasteiger partial charge in [0.25, 0.3) is 0 Å². The first-order chi connectivity index (χ1) is 7.25. The van der Waals surface area contributed by atoms with Crippen molar-refractivity contribution in [2.45, 2.75) is 32.3 Å². The Morgan fingerprint density at radius 3 is 2.93 bits per heavy atom. The standard InChI is InChI=1S/C13H15FO/c1-10-9-12(7-8-13(10)14)15-11-5-3-2-4-6-11/h3,5,7-9,11H,2,4,6H2,1H3. The zero-order valence-electron chi connectivity index (χ0n) is 8.87. The first-order valence-electron chi connectivity index (χ1n) is 5.35. The van der Waals surface area contributed by atoms with Crippen LogP contribution in [0.2, 0.25) is 0 Å². The van der Waals surface area contributed by atoms with Crippen LogP contribution in [-0.2, 0) is 0 Å². The fraction of sp³-hybridized carbons (Fsp3) is 0.385. The second-order valence-corrected chi connectivity index (χ2v) is 3.93. The molecule has 0 radical (unpaired) electrons. The monoisotopic (exact) mass is 206 g/mol. The van der Waals surface area contributed by atoms with E-state index in [1.165, 1.54) is 12.5 Å². The van der Waals surface area contributed by atoms with Gasteiger partial charge in [-0.25, -0.2) is 4.39 Å². The molecule has 0 saturated heterocycles. The van der Waals surface area contributed by atoms with E-state index in [1.54, 1.807) is 19.1 Å². The molecule has 1 aliphatic carbocycles. The number of hydrogen-bond acceptors (Lipinski definition) is 1. The normalized spacial score (nSPS) is 20.3. The molecule has 15 heavy (non-hydrogen) atoms. The predicted molar refractivity (Wildman–Crippen MR) is 58.5 cm³/mol. The molecule has 0 N–H and O–H groups in total. The molecule has 1 aromatic rings. The van der Waals surface area contributed by atoms with Crippen molar-refractivity contribution in [3.8, 4) is 5.75 Å². The van der Waals surface area contributed by atoms with Crippen molar-refractivity contribution < 1.29 is 9.13 Å². The lowest BCUT2D eigenvalue weighted by Gasteiger charge is -2.18. The molecule has 0 saturated carbocycles. The molecule has 1 nitrogen and oxygen atoms in total. The van der Waals surface area contributed by atoms with Gasteiger partial charge in [-0.15, -0.1) is 0 Å². The highest BCUT2D eigenvalue weighted by atomic mass is 19.1. The second-order valence-electron chi connectivity index (χ2n) is 3.93. The molecule has 1 atom stereocenters. The Bertz CT molecular complexity index is 371. The Morgan fingerprint density at radius 1 is 1.40 bits per heavy atom. The Kier molecular flexibility index (Phi) is 3.05. The minimum Gasteiger partial charge on any atom is -0.486 e. The molecule has 0 fully saturated rings. The molecule has 0 amide bonds. The minimum absolute atomic E-state index is 0.156. The summed E-state index contributed by atoms with van der Waals surface area (Å²) >= 11 is 0. The number of rotatable bonds is 2. The quantitative estimate of drug-likeness (QED) is 0.671. The zero-order valence-corrected chi connectivity index (χ0v) is 8.87. The van der Waals surface area contributed by atoms with Crippen LogP contribution in [-0.4, -0.2) is 6.10 Å². The Hall–Kier alpha value is -1.31. The molecule has 0 heterocycles. The van der Waals surface area contributed by atoms with Crippen molar-refractivity contribution in [2.24, 2.45) is 0 Å². The van der Waals surface area contributed by atoms with E-state index >= 15 is 0 Å². The van der Waals surface area contributed by atoms with Crippen molar-refractivity contribution in [1.29, 1.82) is 0 Å². The molecular formula is C13H15FO. The molecule has 0 aromatic heterocycles. The van der Waals surface area contributed by atoms with Gasteiger partial charge >= 0.3 is 0 Å². The summed E-state index contributed by atoms with van der Waals surface area (Å²) in [6.45, 7) is 1.75. The van der Waals surface area contributed by atoms with Gasteiger partial charge < -0.3 is 4.74 Å². The third-order valence-electron chi connectivity index (χ3n) is 2.63. The fourth-order valence-corrected chi connectivity index (χ4v) is 1.74. The van der Waals surface area contributed by atoms with Gasteiger partial charge in [0.1, 0.15) is 17.7 Å². The second kappa shape index (κ2) is 4.47. The van der Waals surface area contributed by atoms with E-state index in [0.717, 1.165) is 18.6 Å². The maximum absolute atomic E-state index is 13.0. The molecule has 0 bridgehead atoms. The summed E-state index contributed by atoms with van der Waals surface area (Å²) in [5, 5.41) is 0. The summed E-state index contributed by atoms with van der Waals surface area (Å²) in [4.78, 5) is 0. The van der Waals surface area contributed by atoms with Gasteiger partial charge in [0.15, 0.2) is 0 Å². The number of hydrogen-bond donors (Lipinski definition) is 0. The van der Waals surface area contributed by atoms with Gasteiger partial charge in [-0.3, -0.25) is 0 Å². The highest BCUT2D eigenvalue weighted by Gasteiger charge is 2.10. The van der Waals surface area contributed by atoms with Gasteiger partial charge in [0, 0.05) is 0 Å². The molecule has 1 aliphatic rings. The van der Waals surface area contributed by atoms with Crippen LogP contribution in [0.15, 0.2) is 30.4 Å². The van der Waals surface area contributed by atoms with E-state index in [-0.39, 0.29) is 11.9 Å². The van der Waals surface area contributed by atoms with Crippen molar-refractivity contribution in [3.05, 3.63) is 41.7 Å². The van der Waals surface area contributed by atoms with Crippen LogP contribution in [0.4, 0.5) is 4.39 Å². The zero-order chi connectivity index (χ0) is 10.7. The molecule has 0 spiro atoms. The van der Waals surface area contributed by atoms with Crippen LogP contribution in [0, 0.1) is 12.7 Å². The van der Waals surface area contributed by atoms with Crippen LogP contribution in [0.5, 0.6) is 5.75 Å². The van der Waals surface area contributed by atoms with E-state index in [0.29, 0.717) is 5.56 Å². The SMILES string of the molecule is Cc1cc(OC2C=CCCC2)ccc1F. The van der Waals surface area contributed by atoms with Gasteiger partial charge in [-0.05, 0) is 56.0 Å². The summed E-state index contributed by atoms with van der Waals surface area (Å²) in [6, 6.07) is 4.89. The van der Waals surface area contributed by atoms with Crippen LogP contribution in [0.3, 0.4) is 0 Å². The van der Waals surface area contributed by atoms with Crippen LogP contribution >= 0.6 is 0 Å². The van der Waals surface area contributed by atoms with Gasteiger partial charge in [-0.1, -0.05) is 6.08 Å². The predicted octanol–water partition coefficient (Wildman–Crippen LogP) is 3.62. The third-order valence-corrected chi connectivity index (χ3v) is 2.63. The van der Waals surface area contributed by atoms with Gasteiger partial charge in [0.2, 0.25) is 0 Å². The van der Waals surface area contributed by atoms with E-state index < -0.39 is 0 Å². The van der Waals surface area contributed by atoms with Gasteiger partial charge in [0.05, 0.1) is 0 Å². The van der Waals surface area contributed by atoms with E-state index in [9.17, 15) is 4.39 Å². The summed E-state index contributed by atoms with van der Waals surface area (Å²) in [5.41, 5.74) is 0.632. The van der Waals surface area contributed by atoms with Crippen molar-refractivity contribution in [1.82, 2.24) is 0 Å². The van der Waals surface area contributed by atoms with E-state index in [1.807, 2.05) is 0 Å². The minimum atomic E-state index is -0.179. The maximum atomic E-state index is 13.0. The van der Waals surface area contributed by atoms with E-state index in [4.69, 9.17) is 4.74 Å². The number of allylic oxidation sites excluding steroid dienone is 1. The average molecular weight is 206 g/mol. The molecule has 0 aliphatic heterocycles. The smallest absolute Gasteiger partial charge is 0.126 e. The first kappa shape index (κ1) is 10.2. The number of aryl methyl sites for hydroxylation is 1. The van der Waals surface area contributed by atoms with Crippen molar-refractivity contribution >= 4 is 0 Å². The maximum Gasteiger partial charge on any atom is 0.126 e. The largest absolute Gasteiger partial charge is 0.486 e. The molecule has 80 valence electrons. The summed E-state index contributed by atoms with van der Waals surface area (Å²) in [5.74, 6) is 0.576. The third kappa shape index (κ3) is 2.58. The molecule has 2 heteroatoms. The first-order valence-corrected chi connectivity index (χ1v) is 5.35. The Labute approximate surface area is 89.6 Å². The summed E-state index contributed by atoms with van der Waals surface area (Å²) in [7, 11) is 0. The van der Waals surface area contributed by atoms with Crippen LogP contribution in [0.25, 0.3) is 0 Å². The van der Waals surface area contributed by atoms with Crippen molar-refractivity contribution in [3.63, 3.8) is 0 Å².